The minimum atomic E-state index is -0.893. The molecule has 9 rings (SSSR count). The van der Waals surface area contributed by atoms with Crippen LogP contribution < -0.4 is 9.97 Å². The van der Waals surface area contributed by atoms with Crippen LogP contribution in [0.4, 0.5) is 35.1 Å². The van der Waals surface area contributed by atoms with Crippen molar-refractivity contribution in [3.05, 3.63) is 166 Å². The van der Waals surface area contributed by atoms with Gasteiger partial charge in [-0.25, -0.2) is 45.1 Å². The van der Waals surface area contributed by atoms with Crippen molar-refractivity contribution in [3.8, 4) is 44.5 Å². The molecule has 13 heteroatoms. The Bertz CT molecular complexity index is 2560. The Morgan fingerprint density at radius 1 is 0.298 bits per heavy atom. The van der Waals surface area contributed by atoms with Gasteiger partial charge in [0.1, 0.15) is 46.5 Å². The molecule has 3 aromatic heterocycles. The number of aromatic nitrogens is 4. The van der Waals surface area contributed by atoms with Crippen LogP contribution in [0, 0.1) is 46.5 Å². The maximum absolute atomic E-state index is 14.8. The SMILES string of the molecule is Fc1cc(F)cc(-c2c3nc(c(-c4cc(F)cc(F)c4)c4ccc([n-]4)c(-c4cc(F)cc(F)c4)c4nc(c(-c5cc(F)cc(F)c5)c5ccc2[n-]5)C=C4)C=C3)c1.[Pt+2]. The van der Waals surface area contributed by atoms with Gasteiger partial charge in [-0.2, -0.15) is 0 Å². The van der Waals surface area contributed by atoms with E-state index in [0.717, 1.165) is 48.5 Å². The van der Waals surface area contributed by atoms with Crippen LogP contribution in [0.2, 0.25) is 0 Å². The second kappa shape index (κ2) is 14.6. The van der Waals surface area contributed by atoms with Crippen LogP contribution in [-0.4, -0.2) is 9.97 Å². The quantitative estimate of drug-likeness (QED) is 0.165. The zero-order valence-electron chi connectivity index (χ0n) is 28.7. The Kier molecular flexibility index (Phi) is 9.61. The molecule has 0 N–H and O–H groups in total. The number of rotatable bonds is 4. The van der Waals surface area contributed by atoms with Crippen LogP contribution in [-0.2, 0) is 21.1 Å². The van der Waals surface area contributed by atoms with E-state index in [2.05, 4.69) is 0 Å². The molecular formula is C44H20F8N4Pt. The first kappa shape index (κ1) is 37.5. The number of fused-ring (bicyclic) bond motifs is 8. The summed E-state index contributed by atoms with van der Waals surface area (Å²) < 4.78 is 118. The van der Waals surface area contributed by atoms with Crippen molar-refractivity contribution in [1.82, 2.24) is 19.9 Å². The van der Waals surface area contributed by atoms with Gasteiger partial charge in [-0.15, -0.1) is 22.1 Å². The molecule has 2 aliphatic rings. The maximum Gasteiger partial charge on any atom is 2.00 e. The standard InChI is InChI=1S/C44H20F8N4.Pt/c45-25-9-21(10-26(46)17-25)41-33-1-2-34(53-33)42(22-11-27(47)18-28(48)12-22)36-5-6-38(55-36)44(24-15-31(51)20-32(52)16-24)40-8-7-39(56-40)43(37-4-3-35(41)54-37)23-13-29(49)19-30(50)14-23;/h1-20H;/q-2;+2. The average Bonchev–Trinajstić information content (AvgIpc) is 3.94. The molecule has 7 aromatic rings. The second-order valence-corrected chi connectivity index (χ2v) is 13.0. The number of hydrogen-bond acceptors (Lipinski definition) is 2. The molecule has 57 heavy (non-hydrogen) atoms. The Morgan fingerprint density at radius 2 is 0.491 bits per heavy atom. The zero-order chi connectivity index (χ0) is 38.8. The first-order valence-corrected chi connectivity index (χ1v) is 16.9. The predicted octanol–water partition coefficient (Wildman–Crippen LogP) is 11.7. The van der Waals surface area contributed by atoms with Crippen molar-refractivity contribution in [1.29, 1.82) is 0 Å². The summed E-state index contributed by atoms with van der Waals surface area (Å²) >= 11 is 0. The largest absolute Gasteiger partial charge is 2.00 e. The molecule has 4 aromatic carbocycles. The summed E-state index contributed by atoms with van der Waals surface area (Å²) in [5.74, 6) is -7.14. The van der Waals surface area contributed by atoms with E-state index < -0.39 is 46.5 Å². The van der Waals surface area contributed by atoms with E-state index >= 15 is 0 Å². The van der Waals surface area contributed by atoms with Gasteiger partial charge >= 0.3 is 21.1 Å². The fourth-order valence-corrected chi connectivity index (χ4v) is 7.06. The van der Waals surface area contributed by atoms with Crippen molar-refractivity contribution in [2.45, 2.75) is 0 Å². The number of halogens is 8. The molecule has 0 spiro atoms. The fraction of sp³-hybridized carbons (Fsp3) is 0. The molecule has 282 valence electrons. The van der Waals surface area contributed by atoms with E-state index in [9.17, 15) is 35.1 Å². The van der Waals surface area contributed by atoms with Gasteiger partial charge in [-0.1, -0.05) is 24.3 Å². The van der Waals surface area contributed by atoms with E-state index in [4.69, 9.17) is 19.9 Å². The Labute approximate surface area is 332 Å². The third-order valence-electron chi connectivity index (χ3n) is 9.21. The van der Waals surface area contributed by atoms with Gasteiger partial charge in [0.15, 0.2) is 0 Å². The molecule has 0 saturated carbocycles. The van der Waals surface area contributed by atoms with Crippen LogP contribution >= 0.6 is 0 Å². The summed E-state index contributed by atoms with van der Waals surface area (Å²) in [6.07, 6.45) is 6.13. The van der Waals surface area contributed by atoms with Gasteiger partial charge in [0.25, 0.3) is 0 Å². The van der Waals surface area contributed by atoms with Gasteiger partial charge in [-0.05, 0) is 117 Å². The second-order valence-electron chi connectivity index (χ2n) is 13.0. The van der Waals surface area contributed by atoms with Crippen molar-refractivity contribution in [2.24, 2.45) is 0 Å². The summed E-state index contributed by atoms with van der Waals surface area (Å²) in [6, 6.07) is 17.6. The molecule has 8 bridgehead atoms. The van der Waals surface area contributed by atoms with E-state index in [1.165, 1.54) is 48.6 Å². The van der Waals surface area contributed by atoms with Gasteiger partial charge < -0.3 is 9.97 Å². The smallest absolute Gasteiger partial charge is 0.657 e. The van der Waals surface area contributed by atoms with Crippen LogP contribution in [0.3, 0.4) is 0 Å². The number of hydrogen-bond donors (Lipinski definition) is 0. The molecule has 0 atom stereocenters. The van der Waals surface area contributed by atoms with Gasteiger partial charge in [0.2, 0.25) is 0 Å². The predicted molar refractivity (Wildman–Crippen MR) is 198 cm³/mol. The fourth-order valence-electron chi connectivity index (χ4n) is 7.06. The third-order valence-corrected chi connectivity index (χ3v) is 9.21. The summed E-state index contributed by atoms with van der Waals surface area (Å²) in [4.78, 5) is 19.1. The first-order valence-electron chi connectivity index (χ1n) is 16.9. The van der Waals surface area contributed by atoms with E-state index in [0.29, 0.717) is 24.3 Å². The van der Waals surface area contributed by atoms with Crippen LogP contribution in [0.1, 0.15) is 22.8 Å². The third kappa shape index (κ3) is 7.13. The molecule has 0 amide bonds. The first-order chi connectivity index (χ1) is 26.9. The van der Waals surface area contributed by atoms with E-state index in [1.54, 1.807) is 0 Å². The molecule has 0 aliphatic carbocycles. The Hall–Kier alpha value is -6.39. The van der Waals surface area contributed by atoms with Crippen LogP contribution in [0.5, 0.6) is 0 Å². The Morgan fingerprint density at radius 3 is 0.684 bits per heavy atom. The summed E-state index contributed by atoms with van der Waals surface area (Å²) in [6.45, 7) is 0. The van der Waals surface area contributed by atoms with Crippen molar-refractivity contribution in [3.63, 3.8) is 0 Å². The minimum Gasteiger partial charge on any atom is -0.657 e. The zero-order valence-corrected chi connectivity index (χ0v) is 30.9. The molecule has 0 saturated heterocycles. The van der Waals surface area contributed by atoms with Crippen LogP contribution in [0.15, 0.2) is 97.1 Å². The molecule has 0 unspecified atom stereocenters. The Balaban J connectivity index is 0.00000455. The molecule has 2 aliphatic heterocycles. The number of benzene rings is 4. The van der Waals surface area contributed by atoms with E-state index in [1.807, 2.05) is 0 Å². The van der Waals surface area contributed by atoms with Gasteiger partial charge in [0, 0.05) is 24.3 Å². The minimum absolute atomic E-state index is 0. The summed E-state index contributed by atoms with van der Waals surface area (Å²) in [5, 5.41) is 0. The molecular weight excluding hydrogens is 932 g/mol. The average molecular weight is 952 g/mol. The van der Waals surface area contributed by atoms with Crippen molar-refractivity contribution >= 4 is 46.4 Å². The topological polar surface area (TPSA) is 54.0 Å². The molecule has 0 radical (unpaired) electrons. The summed E-state index contributed by atoms with van der Waals surface area (Å²) in [7, 11) is 0. The normalized spacial score (nSPS) is 11.9. The van der Waals surface area contributed by atoms with Gasteiger partial charge in [0.05, 0.1) is 22.8 Å². The maximum atomic E-state index is 14.8. The van der Waals surface area contributed by atoms with E-state index in [-0.39, 0.29) is 110 Å². The molecule has 5 heterocycles. The summed E-state index contributed by atoms with van der Waals surface area (Å²) in [5.41, 5.74) is 1.97. The van der Waals surface area contributed by atoms with Crippen molar-refractivity contribution in [2.75, 3.05) is 0 Å². The molecule has 4 nitrogen and oxygen atoms in total. The van der Waals surface area contributed by atoms with Crippen LogP contribution in [0.25, 0.3) is 90.9 Å². The number of nitrogens with zero attached hydrogens (tertiary/aromatic N) is 4. The van der Waals surface area contributed by atoms with Crippen molar-refractivity contribution < 1.29 is 56.2 Å². The molecule has 0 fully saturated rings. The monoisotopic (exact) mass is 951 g/mol. The van der Waals surface area contributed by atoms with Gasteiger partial charge in [-0.3, -0.25) is 0 Å².